The average Bonchev–Trinajstić information content (AvgIpc) is 3.37. The zero-order valence-corrected chi connectivity index (χ0v) is 18.3. The molecule has 0 saturated carbocycles. The molecule has 0 fully saturated rings. The van der Waals surface area contributed by atoms with Crippen molar-refractivity contribution in [2.45, 2.75) is 13.0 Å². The van der Waals surface area contributed by atoms with E-state index >= 15 is 0 Å². The van der Waals surface area contributed by atoms with Crippen molar-refractivity contribution in [3.63, 3.8) is 0 Å². The molecule has 0 unspecified atom stereocenters. The topological polar surface area (TPSA) is 66.0 Å². The Hall–Kier alpha value is -3.36. The Morgan fingerprint density at radius 3 is 2.55 bits per heavy atom. The molecule has 158 valence electrons. The van der Waals surface area contributed by atoms with E-state index in [1.54, 1.807) is 31.4 Å². The van der Waals surface area contributed by atoms with Gasteiger partial charge in [-0.05, 0) is 60.2 Å². The number of hydrogen-bond acceptors (Lipinski definition) is 4. The Balaban J connectivity index is 1.61. The highest BCUT2D eigenvalue weighted by molar-refractivity contribution is 7.71. The van der Waals surface area contributed by atoms with Gasteiger partial charge in [-0.25, -0.2) is 9.36 Å². The summed E-state index contributed by atoms with van der Waals surface area (Å²) in [5.74, 6) is 1.25. The highest BCUT2D eigenvalue weighted by Crippen LogP contribution is 2.17. The predicted octanol–water partition coefficient (Wildman–Crippen LogP) is 4.42. The van der Waals surface area contributed by atoms with Gasteiger partial charge in [0.2, 0.25) is 10.7 Å². The van der Waals surface area contributed by atoms with Gasteiger partial charge in [0.15, 0.2) is 5.82 Å². The van der Waals surface area contributed by atoms with Crippen molar-refractivity contribution in [2.75, 3.05) is 12.4 Å². The van der Waals surface area contributed by atoms with Gasteiger partial charge in [-0.2, -0.15) is 5.10 Å². The summed E-state index contributed by atoms with van der Waals surface area (Å²) in [6.07, 6.45) is 4.30. The van der Waals surface area contributed by atoms with Crippen LogP contribution >= 0.6 is 23.8 Å². The number of nitrogens with one attached hydrogen (secondary N) is 1. The number of benzene rings is 2. The largest absolute Gasteiger partial charge is 0.497 e. The van der Waals surface area contributed by atoms with Crippen LogP contribution in [0.4, 0.5) is 5.69 Å². The summed E-state index contributed by atoms with van der Waals surface area (Å²) in [6, 6.07) is 18.6. The molecule has 0 aliphatic heterocycles. The third kappa shape index (κ3) is 4.87. The molecule has 0 bridgehead atoms. The Kier molecular flexibility index (Phi) is 6.20. The third-order valence-corrected chi connectivity index (χ3v) is 5.24. The number of amides is 1. The summed E-state index contributed by atoms with van der Waals surface area (Å²) >= 11 is 11.6. The van der Waals surface area contributed by atoms with Crippen LogP contribution in [0.15, 0.2) is 73.1 Å². The Bertz CT molecular complexity index is 1250. The first-order valence-corrected chi connectivity index (χ1v) is 10.3. The van der Waals surface area contributed by atoms with E-state index in [2.05, 4.69) is 10.4 Å². The fraction of sp³-hybridized carbons (Fsp3) is 0.136. The highest BCUT2D eigenvalue weighted by atomic mass is 35.5. The van der Waals surface area contributed by atoms with Crippen LogP contribution < -0.4 is 10.1 Å². The molecule has 4 rings (SSSR count). The zero-order chi connectivity index (χ0) is 21.8. The summed E-state index contributed by atoms with van der Waals surface area (Å²) in [5.41, 5.74) is 1.66. The van der Waals surface area contributed by atoms with E-state index in [0.717, 1.165) is 11.3 Å². The zero-order valence-electron chi connectivity index (χ0n) is 16.7. The monoisotopic (exact) mass is 453 g/mol. The molecule has 0 aliphatic carbocycles. The van der Waals surface area contributed by atoms with E-state index < -0.39 is 0 Å². The van der Waals surface area contributed by atoms with Crippen LogP contribution in [0.1, 0.15) is 11.4 Å². The quantitative estimate of drug-likeness (QED) is 0.421. The molecule has 0 saturated heterocycles. The molecule has 9 heteroatoms. The van der Waals surface area contributed by atoms with Crippen LogP contribution in [0.2, 0.25) is 5.02 Å². The summed E-state index contributed by atoms with van der Waals surface area (Å²) in [7, 11) is 1.63. The maximum absolute atomic E-state index is 12.6. The van der Waals surface area contributed by atoms with Gasteiger partial charge in [-0.1, -0.05) is 29.8 Å². The predicted molar refractivity (Wildman–Crippen MR) is 122 cm³/mol. The minimum absolute atomic E-state index is 0.0186. The lowest BCUT2D eigenvalue weighted by atomic mass is 10.1. The molecule has 0 aliphatic rings. The number of carbonyl (C=O) groups excluding carboxylic acids is 1. The second-order valence-electron chi connectivity index (χ2n) is 6.81. The Labute approximate surface area is 189 Å². The van der Waals surface area contributed by atoms with Crippen molar-refractivity contribution >= 4 is 35.4 Å². The molecular weight excluding hydrogens is 434 g/mol. The average molecular weight is 454 g/mol. The fourth-order valence-electron chi connectivity index (χ4n) is 3.18. The van der Waals surface area contributed by atoms with Crippen molar-refractivity contribution in [2.24, 2.45) is 0 Å². The smallest absolute Gasteiger partial charge is 0.246 e. The number of carbonyl (C=O) groups is 1. The first kappa shape index (κ1) is 20.9. The number of anilines is 1. The number of ether oxygens (including phenoxy) is 1. The molecule has 0 atom stereocenters. The lowest BCUT2D eigenvalue weighted by Crippen LogP contribution is -2.20. The van der Waals surface area contributed by atoms with Gasteiger partial charge >= 0.3 is 0 Å². The van der Waals surface area contributed by atoms with Gasteiger partial charge < -0.3 is 10.1 Å². The van der Waals surface area contributed by atoms with E-state index in [1.165, 1.54) is 4.68 Å². The van der Waals surface area contributed by atoms with Crippen LogP contribution in [0.25, 0.3) is 0 Å². The molecule has 0 radical (unpaired) electrons. The molecular formula is C22H20ClN5O2S. The summed E-state index contributed by atoms with van der Waals surface area (Å²) in [4.78, 5) is 12.6. The van der Waals surface area contributed by atoms with Crippen molar-refractivity contribution in [3.8, 4) is 5.75 Å². The van der Waals surface area contributed by atoms with Crippen molar-refractivity contribution in [1.82, 2.24) is 19.1 Å². The molecule has 1 N–H and O–H groups in total. The second-order valence-corrected chi connectivity index (χ2v) is 7.62. The summed E-state index contributed by atoms with van der Waals surface area (Å²) in [6.45, 7) is -0.0186. The standard InChI is InChI=1S/C22H20ClN5O2S/c1-30-19-9-7-16(8-10-19)13-20-25-27(22(31)28(20)26-11-2-3-12-26)15-21(29)24-18-6-4-5-17(23)14-18/h2-12,14H,13,15H2,1H3,(H,24,29). The van der Waals surface area contributed by atoms with E-state index in [0.29, 0.717) is 27.7 Å². The van der Waals surface area contributed by atoms with E-state index in [9.17, 15) is 4.79 Å². The molecule has 2 heterocycles. The van der Waals surface area contributed by atoms with E-state index in [1.807, 2.05) is 58.1 Å². The molecule has 31 heavy (non-hydrogen) atoms. The van der Waals surface area contributed by atoms with Crippen LogP contribution in [0.3, 0.4) is 0 Å². The van der Waals surface area contributed by atoms with Gasteiger partial charge in [-0.15, -0.1) is 0 Å². The van der Waals surface area contributed by atoms with Crippen LogP contribution in [-0.4, -0.2) is 32.1 Å². The summed E-state index contributed by atoms with van der Waals surface area (Å²) in [5, 5.41) is 8.01. The van der Waals surface area contributed by atoms with Crippen LogP contribution in [0.5, 0.6) is 5.75 Å². The van der Waals surface area contributed by atoms with Gasteiger partial charge in [0.1, 0.15) is 12.3 Å². The lowest BCUT2D eigenvalue weighted by molar-refractivity contribution is -0.116. The van der Waals surface area contributed by atoms with Gasteiger partial charge in [0.25, 0.3) is 0 Å². The van der Waals surface area contributed by atoms with E-state index in [4.69, 9.17) is 28.6 Å². The number of aromatic nitrogens is 4. The Morgan fingerprint density at radius 1 is 1.13 bits per heavy atom. The van der Waals surface area contributed by atoms with Gasteiger partial charge in [-0.3, -0.25) is 9.47 Å². The van der Waals surface area contributed by atoms with Crippen molar-refractivity contribution in [3.05, 3.63) is 94.2 Å². The Morgan fingerprint density at radius 2 is 1.87 bits per heavy atom. The lowest BCUT2D eigenvalue weighted by Gasteiger charge is -2.08. The van der Waals surface area contributed by atoms with Crippen LogP contribution in [-0.2, 0) is 17.8 Å². The number of methoxy groups -OCH3 is 1. The first-order valence-electron chi connectivity index (χ1n) is 9.54. The minimum Gasteiger partial charge on any atom is -0.497 e. The minimum atomic E-state index is -0.244. The molecule has 7 nitrogen and oxygen atoms in total. The number of nitrogens with zero attached hydrogens (tertiary/aromatic N) is 4. The van der Waals surface area contributed by atoms with Crippen LogP contribution in [0, 0.1) is 4.77 Å². The number of rotatable bonds is 7. The molecule has 2 aromatic heterocycles. The SMILES string of the molecule is COc1ccc(Cc2nn(CC(=O)Nc3cccc(Cl)c3)c(=S)n2-n2cccc2)cc1. The molecule has 1 amide bonds. The maximum Gasteiger partial charge on any atom is 0.246 e. The van der Waals surface area contributed by atoms with Crippen molar-refractivity contribution < 1.29 is 9.53 Å². The molecule has 0 spiro atoms. The fourth-order valence-corrected chi connectivity index (χ4v) is 3.67. The summed E-state index contributed by atoms with van der Waals surface area (Å²) < 4.78 is 10.8. The van der Waals surface area contributed by atoms with Gasteiger partial charge in [0.05, 0.1) is 7.11 Å². The first-order chi connectivity index (χ1) is 15.0. The third-order valence-electron chi connectivity index (χ3n) is 4.63. The molecule has 4 aromatic rings. The normalized spacial score (nSPS) is 10.8. The van der Waals surface area contributed by atoms with Crippen molar-refractivity contribution in [1.29, 1.82) is 0 Å². The maximum atomic E-state index is 12.6. The number of halogens is 1. The molecule has 2 aromatic carbocycles. The number of hydrogen-bond donors (Lipinski definition) is 1. The van der Waals surface area contributed by atoms with E-state index in [-0.39, 0.29) is 12.5 Å². The van der Waals surface area contributed by atoms with Gasteiger partial charge in [0, 0.05) is 29.5 Å². The highest BCUT2D eigenvalue weighted by Gasteiger charge is 2.15. The second kappa shape index (κ2) is 9.20.